The molecule has 1 aromatic rings. The Balaban J connectivity index is 1.87. The van der Waals surface area contributed by atoms with Gasteiger partial charge in [-0.25, -0.2) is 8.42 Å². The first-order valence-corrected chi connectivity index (χ1v) is 9.30. The van der Waals surface area contributed by atoms with Crippen molar-refractivity contribution in [3.05, 3.63) is 17.5 Å². The van der Waals surface area contributed by atoms with Crippen LogP contribution in [0.4, 0.5) is 0 Å². The van der Waals surface area contributed by atoms with E-state index in [1.807, 2.05) is 0 Å². The minimum atomic E-state index is -3.40. The predicted octanol–water partition coefficient (Wildman–Crippen LogP) is 0.647. The molecule has 0 saturated carbocycles. The lowest BCUT2D eigenvalue weighted by molar-refractivity contribution is -0.126. The number of piperidine rings is 1. The fraction of sp³-hybridized carbons (Fsp3) is 0.615. The van der Waals surface area contributed by atoms with Gasteiger partial charge in [0.05, 0.1) is 0 Å². The van der Waals surface area contributed by atoms with E-state index < -0.39 is 10.0 Å². The highest BCUT2D eigenvalue weighted by atomic mass is 32.2. The zero-order chi connectivity index (χ0) is 15.3. The SMILES string of the molecule is O=C(NCCCO)C1CCN(S(=O)(=O)c2cccs2)CC1. The highest BCUT2D eigenvalue weighted by Crippen LogP contribution is 2.26. The number of rotatable bonds is 6. The average Bonchev–Trinajstić information content (AvgIpc) is 3.02. The van der Waals surface area contributed by atoms with Crippen molar-refractivity contribution < 1.29 is 18.3 Å². The van der Waals surface area contributed by atoms with E-state index >= 15 is 0 Å². The van der Waals surface area contributed by atoms with Crippen molar-refractivity contribution in [2.45, 2.75) is 23.5 Å². The van der Waals surface area contributed by atoms with Gasteiger partial charge >= 0.3 is 0 Å². The van der Waals surface area contributed by atoms with Crippen molar-refractivity contribution in [1.82, 2.24) is 9.62 Å². The summed E-state index contributed by atoms with van der Waals surface area (Å²) in [5.74, 6) is -0.185. The second kappa shape index (κ2) is 7.35. The molecule has 0 unspecified atom stereocenters. The van der Waals surface area contributed by atoms with E-state index in [-0.39, 0.29) is 18.4 Å². The van der Waals surface area contributed by atoms with Gasteiger partial charge in [0.25, 0.3) is 10.0 Å². The molecule has 0 aliphatic carbocycles. The number of amides is 1. The minimum Gasteiger partial charge on any atom is -0.396 e. The van der Waals surface area contributed by atoms with Crippen LogP contribution in [-0.4, -0.2) is 50.0 Å². The molecule has 0 aromatic carbocycles. The van der Waals surface area contributed by atoms with Gasteiger partial charge in [-0.3, -0.25) is 4.79 Å². The molecule has 0 radical (unpaired) electrons. The molecule has 1 aliphatic heterocycles. The molecule has 2 rings (SSSR count). The number of hydrogen-bond donors (Lipinski definition) is 2. The van der Waals surface area contributed by atoms with E-state index in [4.69, 9.17) is 5.11 Å². The van der Waals surface area contributed by atoms with Crippen LogP contribution >= 0.6 is 11.3 Å². The summed E-state index contributed by atoms with van der Waals surface area (Å²) in [4.78, 5) is 11.9. The summed E-state index contributed by atoms with van der Waals surface area (Å²) in [7, 11) is -3.40. The summed E-state index contributed by atoms with van der Waals surface area (Å²) in [5.41, 5.74) is 0. The number of carbonyl (C=O) groups excluding carboxylic acids is 1. The maximum Gasteiger partial charge on any atom is 0.252 e. The van der Waals surface area contributed by atoms with Crippen LogP contribution in [0.1, 0.15) is 19.3 Å². The Kier molecular flexibility index (Phi) is 5.74. The van der Waals surface area contributed by atoms with Crippen LogP contribution in [-0.2, 0) is 14.8 Å². The Morgan fingerprint density at radius 1 is 1.43 bits per heavy atom. The van der Waals surface area contributed by atoms with Gasteiger partial charge < -0.3 is 10.4 Å². The van der Waals surface area contributed by atoms with Gasteiger partial charge in [0.1, 0.15) is 4.21 Å². The number of carbonyl (C=O) groups is 1. The summed E-state index contributed by atoms with van der Waals surface area (Å²) in [5, 5.41) is 13.2. The van der Waals surface area contributed by atoms with E-state index in [1.165, 1.54) is 15.6 Å². The van der Waals surface area contributed by atoms with Gasteiger partial charge in [0, 0.05) is 32.2 Å². The Hall–Kier alpha value is -0.960. The molecule has 0 bridgehead atoms. The molecule has 0 spiro atoms. The fourth-order valence-electron chi connectivity index (χ4n) is 2.33. The smallest absolute Gasteiger partial charge is 0.252 e. The summed E-state index contributed by atoms with van der Waals surface area (Å²) >= 11 is 1.21. The number of aliphatic hydroxyl groups is 1. The van der Waals surface area contributed by atoms with Crippen LogP contribution in [0.25, 0.3) is 0 Å². The third kappa shape index (κ3) is 4.03. The summed E-state index contributed by atoms with van der Waals surface area (Å²) in [6.45, 7) is 1.26. The van der Waals surface area contributed by atoms with Crippen molar-refractivity contribution in [1.29, 1.82) is 0 Å². The van der Waals surface area contributed by atoms with E-state index in [9.17, 15) is 13.2 Å². The van der Waals surface area contributed by atoms with Gasteiger partial charge in [-0.1, -0.05) is 6.07 Å². The molecule has 2 heterocycles. The van der Waals surface area contributed by atoms with Gasteiger partial charge in [-0.2, -0.15) is 4.31 Å². The predicted molar refractivity (Wildman–Crippen MR) is 80.5 cm³/mol. The zero-order valence-electron chi connectivity index (χ0n) is 11.7. The van der Waals surface area contributed by atoms with Gasteiger partial charge in [0.2, 0.25) is 5.91 Å². The number of hydrogen-bond acceptors (Lipinski definition) is 5. The monoisotopic (exact) mass is 332 g/mol. The van der Waals surface area contributed by atoms with Crippen LogP contribution in [0.3, 0.4) is 0 Å². The highest BCUT2D eigenvalue weighted by Gasteiger charge is 2.32. The number of nitrogens with one attached hydrogen (secondary N) is 1. The van der Waals surface area contributed by atoms with E-state index in [0.717, 1.165) is 0 Å². The Morgan fingerprint density at radius 3 is 2.71 bits per heavy atom. The summed E-state index contributed by atoms with van der Waals surface area (Å²) in [6, 6.07) is 3.33. The van der Waals surface area contributed by atoms with E-state index in [1.54, 1.807) is 17.5 Å². The molecule has 6 nitrogen and oxygen atoms in total. The number of aliphatic hydroxyl groups excluding tert-OH is 1. The molecular formula is C13H20N2O4S2. The number of nitrogens with zero attached hydrogens (tertiary/aromatic N) is 1. The maximum atomic E-state index is 12.3. The molecule has 1 aliphatic rings. The molecule has 1 fully saturated rings. The first-order chi connectivity index (χ1) is 10.1. The third-order valence-corrected chi connectivity index (χ3v) is 6.82. The lowest BCUT2D eigenvalue weighted by Crippen LogP contribution is -2.43. The third-order valence-electron chi connectivity index (χ3n) is 3.55. The van der Waals surface area contributed by atoms with E-state index in [2.05, 4.69) is 5.32 Å². The van der Waals surface area contributed by atoms with Crippen molar-refractivity contribution >= 4 is 27.3 Å². The van der Waals surface area contributed by atoms with E-state index in [0.29, 0.717) is 43.1 Å². The van der Waals surface area contributed by atoms with Crippen LogP contribution in [0.5, 0.6) is 0 Å². The van der Waals surface area contributed by atoms with Crippen molar-refractivity contribution in [3.63, 3.8) is 0 Å². The van der Waals surface area contributed by atoms with Crippen LogP contribution in [0, 0.1) is 5.92 Å². The quantitative estimate of drug-likeness (QED) is 0.749. The fourth-order valence-corrected chi connectivity index (χ4v) is 4.95. The molecule has 1 saturated heterocycles. The lowest BCUT2D eigenvalue weighted by atomic mass is 9.97. The molecule has 1 aromatic heterocycles. The molecular weight excluding hydrogens is 312 g/mol. The van der Waals surface area contributed by atoms with Crippen molar-refractivity contribution in [3.8, 4) is 0 Å². The topological polar surface area (TPSA) is 86.7 Å². The van der Waals surface area contributed by atoms with Gasteiger partial charge in [0.15, 0.2) is 0 Å². The van der Waals surface area contributed by atoms with Crippen LogP contribution < -0.4 is 5.32 Å². The molecule has 1 amide bonds. The lowest BCUT2D eigenvalue weighted by Gasteiger charge is -2.30. The standard InChI is InChI=1S/C13H20N2O4S2/c16-9-2-6-14-13(17)11-4-7-15(8-5-11)21(18,19)12-3-1-10-20-12/h1,3,10-11,16H,2,4-9H2,(H,14,17). The normalized spacial score (nSPS) is 17.8. The Bertz CT molecular complexity index is 549. The van der Waals surface area contributed by atoms with Crippen LogP contribution in [0.15, 0.2) is 21.7 Å². The number of thiophene rings is 1. The van der Waals surface area contributed by atoms with Crippen LogP contribution in [0.2, 0.25) is 0 Å². The summed E-state index contributed by atoms with van der Waals surface area (Å²) in [6.07, 6.45) is 1.61. The van der Waals surface area contributed by atoms with Gasteiger partial charge in [-0.15, -0.1) is 11.3 Å². The molecule has 21 heavy (non-hydrogen) atoms. The maximum absolute atomic E-state index is 12.3. The zero-order valence-corrected chi connectivity index (χ0v) is 13.3. The Morgan fingerprint density at radius 2 is 2.14 bits per heavy atom. The largest absolute Gasteiger partial charge is 0.396 e. The molecule has 2 N–H and O–H groups in total. The highest BCUT2D eigenvalue weighted by molar-refractivity contribution is 7.91. The second-order valence-corrected chi connectivity index (χ2v) is 8.09. The second-order valence-electron chi connectivity index (χ2n) is 4.98. The van der Waals surface area contributed by atoms with Crippen molar-refractivity contribution in [2.75, 3.05) is 26.2 Å². The minimum absolute atomic E-state index is 0.0448. The first kappa shape index (κ1) is 16.4. The summed E-state index contributed by atoms with van der Waals surface area (Å²) < 4.78 is 26.5. The van der Waals surface area contributed by atoms with Crippen molar-refractivity contribution in [2.24, 2.45) is 5.92 Å². The molecule has 0 atom stereocenters. The Labute approximate surface area is 128 Å². The first-order valence-electron chi connectivity index (χ1n) is 6.98. The average molecular weight is 332 g/mol. The molecule has 8 heteroatoms. The van der Waals surface area contributed by atoms with Gasteiger partial charge in [-0.05, 0) is 30.7 Å². The number of sulfonamides is 1. The molecule has 118 valence electrons.